The molecule has 0 unspecified atom stereocenters. The van der Waals surface area contributed by atoms with E-state index in [4.69, 9.17) is 17.3 Å². The molecule has 0 bridgehead atoms. The van der Waals surface area contributed by atoms with Crippen molar-refractivity contribution in [2.24, 2.45) is 0 Å². The van der Waals surface area contributed by atoms with Crippen LogP contribution in [-0.2, 0) is 0 Å². The van der Waals surface area contributed by atoms with Crippen LogP contribution >= 0.6 is 23.4 Å². The Morgan fingerprint density at radius 1 is 1.31 bits per heavy atom. The molecule has 0 amide bonds. The first-order valence-corrected chi connectivity index (χ1v) is 5.99. The van der Waals surface area contributed by atoms with E-state index in [-0.39, 0.29) is 6.42 Å². The smallest absolute Gasteiger partial charge is 0.389 e. The first-order chi connectivity index (χ1) is 7.38. The van der Waals surface area contributed by atoms with E-state index in [9.17, 15) is 13.2 Å². The fourth-order valence-corrected chi connectivity index (χ4v) is 2.09. The Morgan fingerprint density at radius 3 is 2.56 bits per heavy atom. The fourth-order valence-electron chi connectivity index (χ4n) is 1.07. The van der Waals surface area contributed by atoms with Gasteiger partial charge in [0.2, 0.25) is 0 Å². The molecule has 0 saturated heterocycles. The zero-order valence-electron chi connectivity index (χ0n) is 8.35. The molecule has 16 heavy (non-hydrogen) atoms. The van der Waals surface area contributed by atoms with Gasteiger partial charge < -0.3 is 5.73 Å². The molecule has 1 nitrogen and oxygen atoms in total. The van der Waals surface area contributed by atoms with Gasteiger partial charge in [-0.1, -0.05) is 11.6 Å². The Labute approximate surface area is 101 Å². The molecule has 0 aliphatic carbocycles. The molecular formula is C10H11ClF3NS. The molecule has 0 fully saturated rings. The maximum Gasteiger partial charge on any atom is 0.389 e. The maximum atomic E-state index is 11.9. The Balaban J connectivity index is 2.35. The maximum absolute atomic E-state index is 11.9. The summed E-state index contributed by atoms with van der Waals surface area (Å²) in [5, 5.41) is 0.458. The lowest BCUT2D eigenvalue weighted by Crippen LogP contribution is -2.06. The molecule has 0 radical (unpaired) electrons. The predicted molar refractivity (Wildman–Crippen MR) is 61.9 cm³/mol. The SMILES string of the molecule is Nc1cc(SCCCC(F)(F)F)ccc1Cl. The minimum absolute atomic E-state index is 0.108. The number of hydrogen-bond donors (Lipinski definition) is 1. The minimum Gasteiger partial charge on any atom is -0.397 e. The zero-order valence-corrected chi connectivity index (χ0v) is 9.92. The minimum atomic E-state index is -4.07. The standard InChI is InChI=1S/C10H11ClF3NS/c11-8-3-2-7(6-9(8)15)16-5-1-4-10(12,13)14/h2-3,6H,1,4-5,15H2. The summed E-state index contributed by atoms with van der Waals surface area (Å²) >= 11 is 7.06. The number of rotatable bonds is 4. The van der Waals surface area contributed by atoms with Gasteiger partial charge >= 0.3 is 6.18 Å². The van der Waals surface area contributed by atoms with Gasteiger partial charge in [-0.15, -0.1) is 11.8 Å². The van der Waals surface area contributed by atoms with Crippen molar-refractivity contribution in [3.05, 3.63) is 23.2 Å². The molecule has 0 aliphatic rings. The summed E-state index contributed by atoms with van der Waals surface area (Å²) in [5.41, 5.74) is 6.02. The van der Waals surface area contributed by atoms with Crippen molar-refractivity contribution in [1.29, 1.82) is 0 Å². The number of halogens is 4. The molecular weight excluding hydrogens is 259 g/mol. The van der Waals surface area contributed by atoms with E-state index in [1.165, 1.54) is 11.8 Å². The lowest BCUT2D eigenvalue weighted by atomic mass is 10.3. The predicted octanol–water partition coefficient (Wildman–Crippen LogP) is 4.36. The molecule has 90 valence electrons. The van der Waals surface area contributed by atoms with Crippen molar-refractivity contribution in [3.63, 3.8) is 0 Å². The van der Waals surface area contributed by atoms with Crippen molar-refractivity contribution in [3.8, 4) is 0 Å². The van der Waals surface area contributed by atoms with Crippen LogP contribution < -0.4 is 5.73 Å². The van der Waals surface area contributed by atoms with Gasteiger partial charge in [0.25, 0.3) is 0 Å². The largest absolute Gasteiger partial charge is 0.397 e. The Morgan fingerprint density at radius 2 is 2.00 bits per heavy atom. The molecule has 1 aromatic rings. The van der Waals surface area contributed by atoms with Crippen LogP contribution in [0.25, 0.3) is 0 Å². The first kappa shape index (κ1) is 13.5. The molecule has 1 aromatic carbocycles. The molecule has 0 heterocycles. The number of nitrogen functional groups attached to an aromatic ring is 1. The van der Waals surface area contributed by atoms with Crippen LogP contribution in [0.4, 0.5) is 18.9 Å². The zero-order chi connectivity index (χ0) is 12.2. The highest BCUT2D eigenvalue weighted by Gasteiger charge is 2.25. The summed E-state index contributed by atoms with van der Waals surface area (Å²) in [7, 11) is 0. The third-order valence-corrected chi connectivity index (χ3v) is 3.27. The highest BCUT2D eigenvalue weighted by atomic mass is 35.5. The second kappa shape index (κ2) is 5.68. The van der Waals surface area contributed by atoms with Gasteiger partial charge in [-0.3, -0.25) is 0 Å². The van der Waals surface area contributed by atoms with Crippen molar-refractivity contribution >= 4 is 29.1 Å². The number of alkyl halides is 3. The van der Waals surface area contributed by atoms with Crippen LogP contribution in [0.15, 0.2) is 23.1 Å². The summed E-state index contributed by atoms with van der Waals surface area (Å²) in [5.74, 6) is 0.417. The second-order valence-electron chi connectivity index (χ2n) is 3.25. The van der Waals surface area contributed by atoms with Gasteiger partial charge in [0, 0.05) is 11.3 Å². The van der Waals surface area contributed by atoms with Crippen molar-refractivity contribution in [2.75, 3.05) is 11.5 Å². The van der Waals surface area contributed by atoms with E-state index in [0.29, 0.717) is 16.5 Å². The Hall–Kier alpha value is -0.550. The Kier molecular flexibility index (Phi) is 4.80. The van der Waals surface area contributed by atoms with Crippen molar-refractivity contribution < 1.29 is 13.2 Å². The molecule has 0 aliphatic heterocycles. The van der Waals surface area contributed by atoms with Gasteiger partial charge in [0.15, 0.2) is 0 Å². The van der Waals surface area contributed by atoms with Gasteiger partial charge in [0.1, 0.15) is 0 Å². The van der Waals surface area contributed by atoms with E-state index < -0.39 is 12.6 Å². The molecule has 0 aromatic heterocycles. The topological polar surface area (TPSA) is 26.0 Å². The highest BCUT2D eigenvalue weighted by molar-refractivity contribution is 7.99. The number of hydrogen-bond acceptors (Lipinski definition) is 2. The fraction of sp³-hybridized carbons (Fsp3) is 0.400. The van der Waals surface area contributed by atoms with Gasteiger partial charge in [-0.25, -0.2) is 0 Å². The van der Waals surface area contributed by atoms with Crippen molar-refractivity contribution in [2.45, 2.75) is 23.9 Å². The number of nitrogens with two attached hydrogens (primary N) is 1. The molecule has 1 rings (SSSR count). The molecule has 6 heteroatoms. The Bertz CT molecular complexity index is 354. The van der Waals surface area contributed by atoms with Crippen LogP contribution in [-0.4, -0.2) is 11.9 Å². The van der Waals surface area contributed by atoms with E-state index in [1.54, 1.807) is 18.2 Å². The van der Waals surface area contributed by atoms with Crippen molar-refractivity contribution in [1.82, 2.24) is 0 Å². The van der Waals surface area contributed by atoms with Gasteiger partial charge in [-0.05, 0) is 30.4 Å². The van der Waals surface area contributed by atoms with Crippen LogP contribution in [0.1, 0.15) is 12.8 Å². The normalized spacial score (nSPS) is 11.8. The third kappa shape index (κ3) is 4.99. The number of thioether (sulfide) groups is 1. The summed E-state index contributed by atoms with van der Waals surface area (Å²) < 4.78 is 35.6. The van der Waals surface area contributed by atoms with Crippen LogP contribution in [0.5, 0.6) is 0 Å². The van der Waals surface area contributed by atoms with E-state index in [2.05, 4.69) is 0 Å². The molecule has 2 N–H and O–H groups in total. The average Bonchev–Trinajstić information content (AvgIpc) is 2.17. The second-order valence-corrected chi connectivity index (χ2v) is 4.83. The van der Waals surface area contributed by atoms with Crippen LogP contribution in [0, 0.1) is 0 Å². The molecule has 0 spiro atoms. The summed E-state index contributed by atoms with van der Waals surface area (Å²) in [6.07, 6.45) is -4.71. The lowest BCUT2D eigenvalue weighted by Gasteiger charge is -2.06. The highest BCUT2D eigenvalue weighted by Crippen LogP contribution is 2.28. The quantitative estimate of drug-likeness (QED) is 0.499. The van der Waals surface area contributed by atoms with Gasteiger partial charge in [0.05, 0.1) is 10.7 Å². The van der Waals surface area contributed by atoms with Gasteiger partial charge in [-0.2, -0.15) is 13.2 Å². The lowest BCUT2D eigenvalue weighted by molar-refractivity contribution is -0.134. The number of benzene rings is 1. The van der Waals surface area contributed by atoms with Crippen LogP contribution in [0.2, 0.25) is 5.02 Å². The summed E-state index contributed by atoms with van der Waals surface area (Å²) in [6.45, 7) is 0. The first-order valence-electron chi connectivity index (χ1n) is 4.63. The molecule has 0 atom stereocenters. The molecule has 0 saturated carbocycles. The monoisotopic (exact) mass is 269 g/mol. The van der Waals surface area contributed by atoms with Crippen LogP contribution in [0.3, 0.4) is 0 Å². The van der Waals surface area contributed by atoms with E-state index in [1.807, 2.05) is 0 Å². The average molecular weight is 270 g/mol. The number of anilines is 1. The third-order valence-electron chi connectivity index (χ3n) is 1.84. The van der Waals surface area contributed by atoms with E-state index >= 15 is 0 Å². The summed E-state index contributed by atoms with van der Waals surface area (Å²) in [4.78, 5) is 0.837. The summed E-state index contributed by atoms with van der Waals surface area (Å²) in [6, 6.07) is 5.06. The van der Waals surface area contributed by atoms with E-state index in [0.717, 1.165) is 4.90 Å².